The molecule has 0 aliphatic heterocycles. The Bertz CT molecular complexity index is 516. The highest BCUT2D eigenvalue weighted by Gasteiger charge is 2.05. The van der Waals surface area contributed by atoms with Crippen LogP contribution in [0.25, 0.3) is 11.0 Å². The van der Waals surface area contributed by atoms with E-state index >= 15 is 0 Å². The molecule has 1 heterocycles. The van der Waals surface area contributed by atoms with Gasteiger partial charge in [0.05, 0.1) is 17.4 Å². The standard InChI is InChI=1S/C12H13N3O/c1-2-3-6-13-12(16)9-4-5-10-11(7-9)15-8-14-10/h2,4-5,7-8H,1,3,6H2,(H,13,16)(H,14,15). The second-order valence-electron chi connectivity index (χ2n) is 3.47. The van der Waals surface area contributed by atoms with Crippen LogP contribution in [-0.4, -0.2) is 22.4 Å². The van der Waals surface area contributed by atoms with Crippen molar-refractivity contribution in [1.82, 2.24) is 15.3 Å². The van der Waals surface area contributed by atoms with Gasteiger partial charge < -0.3 is 10.3 Å². The number of H-pyrrole nitrogens is 1. The molecule has 0 aliphatic rings. The molecule has 0 spiro atoms. The van der Waals surface area contributed by atoms with Gasteiger partial charge in [-0.05, 0) is 24.6 Å². The average molecular weight is 215 g/mol. The second-order valence-corrected chi connectivity index (χ2v) is 3.47. The number of carbonyl (C=O) groups excluding carboxylic acids is 1. The monoisotopic (exact) mass is 215 g/mol. The number of aromatic nitrogens is 2. The van der Waals surface area contributed by atoms with E-state index in [2.05, 4.69) is 21.9 Å². The predicted molar refractivity (Wildman–Crippen MR) is 63.2 cm³/mol. The molecule has 82 valence electrons. The van der Waals surface area contributed by atoms with Crippen molar-refractivity contribution in [2.45, 2.75) is 6.42 Å². The van der Waals surface area contributed by atoms with E-state index < -0.39 is 0 Å². The lowest BCUT2D eigenvalue weighted by atomic mass is 10.2. The van der Waals surface area contributed by atoms with Gasteiger partial charge in [0, 0.05) is 12.1 Å². The SMILES string of the molecule is C=CCCNC(=O)c1ccc2nc[nH]c2c1. The van der Waals surface area contributed by atoms with E-state index in [0.29, 0.717) is 12.1 Å². The van der Waals surface area contributed by atoms with E-state index in [4.69, 9.17) is 0 Å². The van der Waals surface area contributed by atoms with Gasteiger partial charge in [-0.2, -0.15) is 0 Å². The van der Waals surface area contributed by atoms with E-state index in [1.165, 1.54) is 0 Å². The van der Waals surface area contributed by atoms with Gasteiger partial charge in [-0.3, -0.25) is 4.79 Å². The van der Waals surface area contributed by atoms with Crippen molar-refractivity contribution in [3.05, 3.63) is 42.7 Å². The molecular weight excluding hydrogens is 202 g/mol. The molecular formula is C12H13N3O. The molecule has 0 saturated heterocycles. The Labute approximate surface area is 93.4 Å². The van der Waals surface area contributed by atoms with Gasteiger partial charge in [0.15, 0.2) is 0 Å². The summed E-state index contributed by atoms with van der Waals surface area (Å²) < 4.78 is 0. The van der Waals surface area contributed by atoms with Crippen LogP contribution >= 0.6 is 0 Å². The van der Waals surface area contributed by atoms with Crippen molar-refractivity contribution in [1.29, 1.82) is 0 Å². The van der Waals surface area contributed by atoms with Crippen LogP contribution in [0.4, 0.5) is 0 Å². The van der Waals surface area contributed by atoms with Gasteiger partial charge in [0.1, 0.15) is 0 Å². The van der Waals surface area contributed by atoms with Crippen molar-refractivity contribution in [2.24, 2.45) is 0 Å². The average Bonchev–Trinajstić information content (AvgIpc) is 2.76. The Morgan fingerprint density at radius 1 is 1.56 bits per heavy atom. The van der Waals surface area contributed by atoms with Crippen molar-refractivity contribution in [3.63, 3.8) is 0 Å². The number of nitrogens with one attached hydrogen (secondary N) is 2. The quantitative estimate of drug-likeness (QED) is 0.604. The van der Waals surface area contributed by atoms with Crippen LogP contribution in [0.1, 0.15) is 16.8 Å². The van der Waals surface area contributed by atoms with Gasteiger partial charge in [-0.1, -0.05) is 6.08 Å². The first kappa shape index (κ1) is 10.4. The summed E-state index contributed by atoms with van der Waals surface area (Å²) in [5, 5.41) is 2.81. The Morgan fingerprint density at radius 2 is 2.44 bits per heavy atom. The Hall–Kier alpha value is -2.10. The third kappa shape index (κ3) is 2.11. The number of aromatic amines is 1. The van der Waals surface area contributed by atoms with Crippen molar-refractivity contribution in [3.8, 4) is 0 Å². The molecule has 2 N–H and O–H groups in total. The molecule has 1 aromatic carbocycles. The lowest BCUT2D eigenvalue weighted by molar-refractivity contribution is 0.0954. The van der Waals surface area contributed by atoms with Gasteiger partial charge >= 0.3 is 0 Å². The summed E-state index contributed by atoms with van der Waals surface area (Å²) in [4.78, 5) is 18.8. The minimum absolute atomic E-state index is 0.0710. The molecule has 0 aliphatic carbocycles. The summed E-state index contributed by atoms with van der Waals surface area (Å²) in [6.45, 7) is 4.21. The second kappa shape index (κ2) is 4.61. The van der Waals surface area contributed by atoms with Crippen molar-refractivity contribution in [2.75, 3.05) is 6.54 Å². The maximum absolute atomic E-state index is 11.7. The van der Waals surface area contributed by atoms with Crippen LogP contribution in [0, 0.1) is 0 Å². The first-order chi connectivity index (χ1) is 7.81. The van der Waals surface area contributed by atoms with E-state index in [0.717, 1.165) is 17.5 Å². The first-order valence-electron chi connectivity index (χ1n) is 5.13. The number of hydrogen-bond donors (Lipinski definition) is 2. The molecule has 16 heavy (non-hydrogen) atoms. The number of imidazole rings is 1. The summed E-state index contributed by atoms with van der Waals surface area (Å²) in [5.41, 5.74) is 2.37. The van der Waals surface area contributed by atoms with Crippen LogP contribution in [0.15, 0.2) is 37.2 Å². The molecule has 0 bridgehead atoms. The zero-order valence-corrected chi connectivity index (χ0v) is 8.86. The number of benzene rings is 1. The van der Waals surface area contributed by atoms with Gasteiger partial charge in [-0.15, -0.1) is 6.58 Å². The molecule has 0 saturated carbocycles. The number of amides is 1. The fourth-order valence-electron chi connectivity index (χ4n) is 1.47. The molecule has 4 heteroatoms. The third-order valence-electron chi connectivity index (χ3n) is 2.32. The van der Waals surface area contributed by atoms with Crippen LogP contribution < -0.4 is 5.32 Å². The summed E-state index contributed by atoms with van der Waals surface area (Å²) in [5.74, 6) is -0.0710. The number of hydrogen-bond acceptors (Lipinski definition) is 2. The number of rotatable bonds is 4. The van der Waals surface area contributed by atoms with E-state index in [1.54, 1.807) is 24.5 Å². The van der Waals surface area contributed by atoms with E-state index in [1.807, 2.05) is 6.07 Å². The normalized spacial score (nSPS) is 10.2. The maximum Gasteiger partial charge on any atom is 0.251 e. The molecule has 2 rings (SSSR count). The van der Waals surface area contributed by atoms with Crippen LogP contribution in [0.2, 0.25) is 0 Å². The van der Waals surface area contributed by atoms with Crippen LogP contribution in [-0.2, 0) is 0 Å². The highest BCUT2D eigenvalue weighted by Crippen LogP contribution is 2.11. The molecule has 2 aromatic rings. The summed E-state index contributed by atoms with van der Waals surface area (Å²) in [6, 6.07) is 5.40. The lowest BCUT2D eigenvalue weighted by Crippen LogP contribution is -2.23. The minimum atomic E-state index is -0.0710. The van der Waals surface area contributed by atoms with E-state index in [-0.39, 0.29) is 5.91 Å². The molecule has 0 unspecified atom stereocenters. The van der Waals surface area contributed by atoms with Crippen LogP contribution in [0.3, 0.4) is 0 Å². The smallest absolute Gasteiger partial charge is 0.251 e. The summed E-state index contributed by atoms with van der Waals surface area (Å²) in [6.07, 6.45) is 4.17. The third-order valence-corrected chi connectivity index (χ3v) is 2.32. The minimum Gasteiger partial charge on any atom is -0.352 e. The largest absolute Gasteiger partial charge is 0.352 e. The van der Waals surface area contributed by atoms with Gasteiger partial charge in [0.25, 0.3) is 5.91 Å². The highest BCUT2D eigenvalue weighted by molar-refractivity contribution is 5.97. The first-order valence-corrected chi connectivity index (χ1v) is 5.13. The van der Waals surface area contributed by atoms with Crippen LogP contribution in [0.5, 0.6) is 0 Å². The Morgan fingerprint density at radius 3 is 3.25 bits per heavy atom. The predicted octanol–water partition coefficient (Wildman–Crippen LogP) is 1.87. The number of nitrogens with zero attached hydrogens (tertiary/aromatic N) is 1. The molecule has 4 nitrogen and oxygen atoms in total. The molecule has 0 radical (unpaired) electrons. The molecule has 1 aromatic heterocycles. The highest BCUT2D eigenvalue weighted by atomic mass is 16.1. The fourth-order valence-corrected chi connectivity index (χ4v) is 1.47. The fraction of sp³-hybridized carbons (Fsp3) is 0.167. The van der Waals surface area contributed by atoms with E-state index in [9.17, 15) is 4.79 Å². The number of fused-ring (bicyclic) bond motifs is 1. The lowest BCUT2D eigenvalue weighted by Gasteiger charge is -2.03. The maximum atomic E-state index is 11.7. The Balaban J connectivity index is 2.12. The molecule has 1 amide bonds. The molecule has 0 atom stereocenters. The molecule has 0 fully saturated rings. The Kier molecular flexibility index (Phi) is 3.00. The van der Waals surface area contributed by atoms with Crippen molar-refractivity contribution < 1.29 is 4.79 Å². The zero-order valence-electron chi connectivity index (χ0n) is 8.86. The van der Waals surface area contributed by atoms with Gasteiger partial charge in [0.2, 0.25) is 0 Å². The summed E-state index contributed by atoms with van der Waals surface area (Å²) in [7, 11) is 0. The van der Waals surface area contributed by atoms with Gasteiger partial charge in [-0.25, -0.2) is 4.98 Å². The topological polar surface area (TPSA) is 57.8 Å². The van der Waals surface area contributed by atoms with Crippen molar-refractivity contribution >= 4 is 16.9 Å². The summed E-state index contributed by atoms with van der Waals surface area (Å²) >= 11 is 0. The zero-order chi connectivity index (χ0) is 11.4. The number of carbonyl (C=O) groups is 1.